The Labute approximate surface area is 130 Å². The molecule has 2 rings (SSSR count). The summed E-state index contributed by atoms with van der Waals surface area (Å²) in [5, 5.41) is 0.632. The molecule has 0 aromatic heterocycles. The quantitative estimate of drug-likeness (QED) is 0.800. The van der Waals surface area contributed by atoms with E-state index in [9.17, 15) is 8.42 Å². The van der Waals surface area contributed by atoms with Gasteiger partial charge in [-0.05, 0) is 31.0 Å². The SMILES string of the molecule is COCCS(=O)(=O)N1CCC(Oc2cccc(Cl)c2)CC1. The van der Waals surface area contributed by atoms with Gasteiger partial charge in [-0.2, -0.15) is 0 Å². The predicted molar refractivity (Wildman–Crippen MR) is 82.3 cm³/mol. The van der Waals surface area contributed by atoms with Gasteiger partial charge in [0.05, 0.1) is 12.4 Å². The van der Waals surface area contributed by atoms with Gasteiger partial charge in [-0.1, -0.05) is 17.7 Å². The molecule has 7 heteroatoms. The molecule has 118 valence electrons. The number of rotatable bonds is 6. The van der Waals surface area contributed by atoms with Gasteiger partial charge >= 0.3 is 0 Å². The maximum Gasteiger partial charge on any atom is 0.216 e. The van der Waals surface area contributed by atoms with Crippen molar-refractivity contribution in [1.29, 1.82) is 0 Å². The topological polar surface area (TPSA) is 55.8 Å². The maximum absolute atomic E-state index is 12.0. The lowest BCUT2D eigenvalue weighted by Gasteiger charge is -2.31. The lowest BCUT2D eigenvalue weighted by atomic mass is 10.1. The first-order valence-corrected chi connectivity index (χ1v) is 8.89. The number of hydrogen-bond donors (Lipinski definition) is 0. The number of sulfonamides is 1. The third-order valence-electron chi connectivity index (χ3n) is 3.44. The van der Waals surface area contributed by atoms with Crippen LogP contribution in [0.15, 0.2) is 24.3 Å². The molecule has 1 aliphatic rings. The van der Waals surface area contributed by atoms with Gasteiger partial charge in [0, 0.05) is 25.2 Å². The fourth-order valence-electron chi connectivity index (χ4n) is 2.28. The Hall–Kier alpha value is -0.820. The third-order valence-corrected chi connectivity index (χ3v) is 5.51. The number of halogens is 1. The summed E-state index contributed by atoms with van der Waals surface area (Å²) in [4.78, 5) is 0. The lowest BCUT2D eigenvalue weighted by Crippen LogP contribution is -2.43. The van der Waals surface area contributed by atoms with Gasteiger partial charge in [0.1, 0.15) is 11.9 Å². The molecular weight excluding hydrogens is 314 g/mol. The Morgan fingerprint density at radius 1 is 1.33 bits per heavy atom. The number of hydrogen-bond acceptors (Lipinski definition) is 4. The normalized spacial score (nSPS) is 17.8. The van der Waals surface area contributed by atoms with E-state index in [1.54, 1.807) is 12.1 Å². The Bertz CT molecular complexity index is 556. The molecule has 0 atom stereocenters. The van der Waals surface area contributed by atoms with Crippen LogP contribution in [0.4, 0.5) is 0 Å². The molecule has 0 radical (unpaired) electrons. The highest BCUT2D eigenvalue weighted by atomic mass is 35.5. The minimum absolute atomic E-state index is 0.0253. The van der Waals surface area contributed by atoms with Crippen LogP contribution >= 0.6 is 11.6 Å². The van der Waals surface area contributed by atoms with Crippen LogP contribution in [0, 0.1) is 0 Å². The average Bonchev–Trinajstić information content (AvgIpc) is 2.46. The van der Waals surface area contributed by atoms with E-state index < -0.39 is 10.0 Å². The number of ether oxygens (including phenoxy) is 2. The van der Waals surface area contributed by atoms with Crippen molar-refractivity contribution < 1.29 is 17.9 Å². The molecule has 0 amide bonds. The summed E-state index contributed by atoms with van der Waals surface area (Å²) < 4.78 is 36.3. The van der Waals surface area contributed by atoms with Crippen LogP contribution in [-0.2, 0) is 14.8 Å². The maximum atomic E-state index is 12.0. The first-order valence-electron chi connectivity index (χ1n) is 6.90. The van der Waals surface area contributed by atoms with E-state index in [1.807, 2.05) is 12.1 Å². The van der Waals surface area contributed by atoms with Crippen molar-refractivity contribution in [2.45, 2.75) is 18.9 Å². The molecule has 0 aliphatic carbocycles. The second-order valence-corrected chi connectivity index (χ2v) is 7.51. The summed E-state index contributed by atoms with van der Waals surface area (Å²) in [6.45, 7) is 1.19. The summed E-state index contributed by atoms with van der Waals surface area (Å²) in [6.07, 6.45) is 1.38. The molecule has 0 saturated carbocycles. The van der Waals surface area contributed by atoms with Crippen molar-refractivity contribution in [3.63, 3.8) is 0 Å². The minimum Gasteiger partial charge on any atom is -0.490 e. The zero-order valence-corrected chi connectivity index (χ0v) is 13.6. The van der Waals surface area contributed by atoms with Gasteiger partial charge in [-0.25, -0.2) is 12.7 Å². The van der Waals surface area contributed by atoms with Crippen LogP contribution in [0.25, 0.3) is 0 Å². The standard InChI is InChI=1S/C14H20ClNO4S/c1-19-9-10-21(17,18)16-7-5-13(6-8-16)20-14-4-2-3-12(15)11-14/h2-4,11,13H,5-10H2,1H3. The molecule has 1 aromatic rings. The number of piperidine rings is 1. The highest BCUT2D eigenvalue weighted by Crippen LogP contribution is 2.23. The molecule has 5 nitrogen and oxygen atoms in total. The van der Waals surface area contributed by atoms with E-state index in [4.69, 9.17) is 21.1 Å². The molecule has 21 heavy (non-hydrogen) atoms. The fourth-order valence-corrected chi connectivity index (χ4v) is 3.86. The van der Waals surface area contributed by atoms with Crippen molar-refractivity contribution in [3.8, 4) is 5.75 Å². The Morgan fingerprint density at radius 3 is 2.67 bits per heavy atom. The molecular formula is C14H20ClNO4S. The highest BCUT2D eigenvalue weighted by Gasteiger charge is 2.28. The Kier molecular flexibility index (Phi) is 5.87. The van der Waals surface area contributed by atoms with Crippen LogP contribution in [0.5, 0.6) is 5.75 Å². The third kappa shape index (κ3) is 4.85. The van der Waals surface area contributed by atoms with Gasteiger partial charge in [0.15, 0.2) is 0 Å². The van der Waals surface area contributed by atoms with Crippen LogP contribution in [0.1, 0.15) is 12.8 Å². The van der Waals surface area contributed by atoms with Gasteiger partial charge < -0.3 is 9.47 Å². The Balaban J connectivity index is 1.86. The molecule has 0 N–H and O–H groups in total. The summed E-state index contributed by atoms with van der Waals surface area (Å²) in [5.74, 6) is 0.756. The zero-order chi connectivity index (χ0) is 15.3. The number of nitrogens with zero attached hydrogens (tertiary/aromatic N) is 1. The van der Waals surface area contributed by atoms with Gasteiger partial charge in [0.2, 0.25) is 10.0 Å². The van der Waals surface area contributed by atoms with Crippen LogP contribution in [-0.4, -0.2) is 51.4 Å². The second kappa shape index (κ2) is 7.45. The molecule has 1 heterocycles. The van der Waals surface area contributed by atoms with Crippen LogP contribution < -0.4 is 4.74 Å². The van der Waals surface area contributed by atoms with Gasteiger partial charge in [-0.3, -0.25) is 0 Å². The first-order chi connectivity index (χ1) is 10.0. The largest absolute Gasteiger partial charge is 0.490 e. The monoisotopic (exact) mass is 333 g/mol. The highest BCUT2D eigenvalue weighted by molar-refractivity contribution is 7.89. The molecule has 1 aromatic carbocycles. The minimum atomic E-state index is -3.22. The van der Waals surface area contributed by atoms with E-state index >= 15 is 0 Å². The lowest BCUT2D eigenvalue weighted by molar-refractivity contribution is 0.134. The van der Waals surface area contributed by atoms with E-state index in [1.165, 1.54) is 11.4 Å². The summed E-state index contributed by atoms with van der Waals surface area (Å²) >= 11 is 5.91. The molecule has 0 spiro atoms. The molecule has 1 aliphatic heterocycles. The summed E-state index contributed by atoms with van der Waals surface area (Å²) in [7, 11) is -1.72. The van der Waals surface area contributed by atoms with Crippen molar-refractivity contribution in [2.24, 2.45) is 0 Å². The molecule has 0 bridgehead atoms. The van der Waals surface area contributed by atoms with Crippen molar-refractivity contribution >= 4 is 21.6 Å². The van der Waals surface area contributed by atoms with E-state index in [-0.39, 0.29) is 18.5 Å². The van der Waals surface area contributed by atoms with Gasteiger partial charge in [-0.15, -0.1) is 0 Å². The second-order valence-electron chi connectivity index (χ2n) is 4.98. The van der Waals surface area contributed by atoms with E-state index in [2.05, 4.69) is 0 Å². The number of methoxy groups -OCH3 is 1. The zero-order valence-electron chi connectivity index (χ0n) is 12.0. The van der Waals surface area contributed by atoms with Crippen molar-refractivity contribution in [2.75, 3.05) is 32.6 Å². The molecule has 0 unspecified atom stereocenters. The van der Waals surface area contributed by atoms with Crippen molar-refractivity contribution in [3.05, 3.63) is 29.3 Å². The first kappa shape index (κ1) is 16.5. The van der Waals surface area contributed by atoms with Gasteiger partial charge in [0.25, 0.3) is 0 Å². The molecule has 1 fully saturated rings. The Morgan fingerprint density at radius 2 is 2.05 bits per heavy atom. The van der Waals surface area contributed by atoms with Crippen LogP contribution in [0.2, 0.25) is 5.02 Å². The molecule has 1 saturated heterocycles. The number of benzene rings is 1. The van der Waals surface area contributed by atoms with E-state index in [0.717, 1.165) is 5.75 Å². The summed E-state index contributed by atoms with van der Waals surface area (Å²) in [5.41, 5.74) is 0. The predicted octanol–water partition coefficient (Wildman–Crippen LogP) is 2.16. The van der Waals surface area contributed by atoms with E-state index in [0.29, 0.717) is 31.0 Å². The fraction of sp³-hybridized carbons (Fsp3) is 0.571. The average molecular weight is 334 g/mol. The smallest absolute Gasteiger partial charge is 0.216 e. The summed E-state index contributed by atoms with van der Waals surface area (Å²) in [6, 6.07) is 7.25. The van der Waals surface area contributed by atoms with Crippen molar-refractivity contribution in [1.82, 2.24) is 4.31 Å². The van der Waals surface area contributed by atoms with Crippen LogP contribution in [0.3, 0.4) is 0 Å².